The summed E-state index contributed by atoms with van der Waals surface area (Å²) in [4.78, 5) is 32.2. The Morgan fingerprint density at radius 3 is 2.65 bits per heavy atom. The maximum atomic E-state index is 11.9. The number of aryl methyl sites for hydroxylation is 1. The lowest BCUT2D eigenvalue weighted by Crippen LogP contribution is -2.27. The monoisotopic (exact) mass is 368 g/mol. The molecule has 0 aliphatic heterocycles. The Bertz CT molecular complexity index is 846. The van der Waals surface area contributed by atoms with Crippen LogP contribution in [-0.4, -0.2) is 28.3 Å². The first-order valence-corrected chi connectivity index (χ1v) is 9.34. The Kier molecular flexibility index (Phi) is 6.27. The van der Waals surface area contributed by atoms with E-state index in [1.807, 2.05) is 18.2 Å². The number of hydrogen-bond acceptors (Lipinski definition) is 5. The molecule has 0 aliphatic carbocycles. The van der Waals surface area contributed by atoms with Crippen molar-refractivity contribution in [2.75, 3.05) is 11.9 Å². The number of nitrogens with zero attached hydrogens (tertiary/aromatic N) is 2. The quantitative estimate of drug-likeness (QED) is 0.640. The maximum absolute atomic E-state index is 11.9. The highest BCUT2D eigenvalue weighted by Crippen LogP contribution is 2.22. The van der Waals surface area contributed by atoms with Crippen molar-refractivity contribution in [1.82, 2.24) is 15.3 Å². The average molecular weight is 368 g/mol. The van der Waals surface area contributed by atoms with E-state index in [-0.39, 0.29) is 18.2 Å². The minimum atomic E-state index is -0.168. The van der Waals surface area contributed by atoms with Crippen molar-refractivity contribution in [2.24, 2.45) is 0 Å². The number of carbonyl (C=O) groups is 2. The number of thiazole rings is 1. The molecule has 0 spiro atoms. The van der Waals surface area contributed by atoms with Gasteiger partial charge in [-0.2, -0.15) is 0 Å². The number of para-hydroxylation sites is 1. The summed E-state index contributed by atoms with van der Waals surface area (Å²) in [5, 5.41) is 6.51. The Hall–Kier alpha value is -2.80. The summed E-state index contributed by atoms with van der Waals surface area (Å²) in [5.74, 6) is 0.301. The molecule has 0 saturated heterocycles. The van der Waals surface area contributed by atoms with Crippen LogP contribution in [0.2, 0.25) is 0 Å². The van der Waals surface area contributed by atoms with Gasteiger partial charge in [-0.1, -0.05) is 18.2 Å². The third kappa shape index (κ3) is 5.35. The van der Waals surface area contributed by atoms with Gasteiger partial charge in [0.1, 0.15) is 5.82 Å². The van der Waals surface area contributed by atoms with Crippen LogP contribution < -0.4 is 10.6 Å². The van der Waals surface area contributed by atoms with Gasteiger partial charge in [-0.25, -0.2) is 9.97 Å². The topological polar surface area (TPSA) is 84.0 Å². The lowest BCUT2D eigenvalue weighted by atomic mass is 10.2. The average Bonchev–Trinajstić information content (AvgIpc) is 3.05. The van der Waals surface area contributed by atoms with E-state index >= 15 is 0 Å². The van der Waals surface area contributed by atoms with Gasteiger partial charge in [0, 0.05) is 25.6 Å². The Balaban J connectivity index is 1.32. The van der Waals surface area contributed by atoms with Crippen molar-refractivity contribution in [3.8, 4) is 0 Å². The highest BCUT2D eigenvalue weighted by molar-refractivity contribution is 7.18. The van der Waals surface area contributed by atoms with Crippen LogP contribution in [0.4, 0.5) is 5.82 Å². The zero-order valence-electron chi connectivity index (χ0n) is 14.3. The van der Waals surface area contributed by atoms with Crippen LogP contribution in [0, 0.1) is 0 Å². The highest BCUT2D eigenvalue weighted by Gasteiger charge is 2.07. The molecule has 2 N–H and O–H groups in total. The number of aromatic nitrogens is 2. The molecular weight excluding hydrogens is 348 g/mol. The van der Waals surface area contributed by atoms with Crippen LogP contribution in [0.3, 0.4) is 0 Å². The van der Waals surface area contributed by atoms with Gasteiger partial charge >= 0.3 is 0 Å². The molecule has 7 heteroatoms. The molecule has 3 rings (SSSR count). The maximum Gasteiger partial charge on any atom is 0.227 e. The largest absolute Gasteiger partial charge is 0.356 e. The normalized spacial score (nSPS) is 10.6. The highest BCUT2D eigenvalue weighted by atomic mass is 32.1. The minimum Gasteiger partial charge on any atom is -0.356 e. The molecule has 0 unspecified atom stereocenters. The number of fused-ring (bicyclic) bond motifs is 1. The second-order valence-electron chi connectivity index (χ2n) is 5.79. The van der Waals surface area contributed by atoms with E-state index in [0.717, 1.165) is 23.4 Å². The summed E-state index contributed by atoms with van der Waals surface area (Å²) in [6, 6.07) is 13.3. The molecule has 134 valence electrons. The summed E-state index contributed by atoms with van der Waals surface area (Å²) in [6.07, 6.45) is 3.79. The van der Waals surface area contributed by atoms with E-state index in [1.165, 1.54) is 4.70 Å². The fourth-order valence-corrected chi connectivity index (χ4v) is 3.48. The summed E-state index contributed by atoms with van der Waals surface area (Å²) >= 11 is 1.67. The van der Waals surface area contributed by atoms with Crippen LogP contribution in [0.15, 0.2) is 48.7 Å². The molecule has 0 atom stereocenters. The molecule has 2 heterocycles. The molecule has 0 bridgehead atoms. The predicted octanol–water partition coefficient (Wildman–Crippen LogP) is 3.16. The molecule has 0 radical (unpaired) electrons. The molecule has 0 aliphatic rings. The van der Waals surface area contributed by atoms with Crippen molar-refractivity contribution in [1.29, 1.82) is 0 Å². The molecule has 0 fully saturated rings. The first kappa shape index (κ1) is 18.0. The summed E-state index contributed by atoms with van der Waals surface area (Å²) in [7, 11) is 0. The minimum absolute atomic E-state index is 0.0447. The van der Waals surface area contributed by atoms with E-state index < -0.39 is 0 Å². The molecule has 26 heavy (non-hydrogen) atoms. The molecule has 3 aromatic rings. The fourth-order valence-electron chi connectivity index (χ4n) is 2.47. The van der Waals surface area contributed by atoms with Crippen LogP contribution in [0.5, 0.6) is 0 Å². The molecule has 0 saturated carbocycles. The van der Waals surface area contributed by atoms with Crippen molar-refractivity contribution < 1.29 is 9.59 Å². The molecule has 6 nitrogen and oxygen atoms in total. The van der Waals surface area contributed by atoms with Crippen molar-refractivity contribution >= 4 is 39.2 Å². The predicted molar refractivity (Wildman–Crippen MR) is 103 cm³/mol. The zero-order valence-corrected chi connectivity index (χ0v) is 15.1. The zero-order chi connectivity index (χ0) is 18.2. The van der Waals surface area contributed by atoms with Gasteiger partial charge in [0.2, 0.25) is 11.8 Å². The molecule has 1 aromatic carbocycles. The number of anilines is 1. The first-order valence-electron chi connectivity index (χ1n) is 8.53. The van der Waals surface area contributed by atoms with Crippen LogP contribution in [-0.2, 0) is 16.0 Å². The van der Waals surface area contributed by atoms with E-state index in [9.17, 15) is 9.59 Å². The molecule has 2 amide bonds. The van der Waals surface area contributed by atoms with Crippen LogP contribution >= 0.6 is 11.3 Å². The first-order chi connectivity index (χ1) is 12.7. The Labute approximate surface area is 155 Å². The van der Waals surface area contributed by atoms with Crippen LogP contribution in [0.25, 0.3) is 10.2 Å². The van der Waals surface area contributed by atoms with E-state index in [0.29, 0.717) is 18.8 Å². The van der Waals surface area contributed by atoms with Gasteiger partial charge in [-0.05, 0) is 37.1 Å². The summed E-state index contributed by atoms with van der Waals surface area (Å²) in [5.41, 5.74) is 1.01. The Morgan fingerprint density at radius 2 is 1.85 bits per heavy atom. The number of benzene rings is 1. The van der Waals surface area contributed by atoms with Crippen molar-refractivity contribution in [3.05, 3.63) is 53.7 Å². The lowest BCUT2D eigenvalue weighted by molar-refractivity contribution is -0.121. The van der Waals surface area contributed by atoms with Gasteiger partial charge in [-0.15, -0.1) is 11.3 Å². The number of carbonyl (C=O) groups excluding carboxylic acids is 2. The number of amides is 2. The third-order valence-electron chi connectivity index (χ3n) is 3.74. The van der Waals surface area contributed by atoms with E-state index in [2.05, 4.69) is 26.7 Å². The lowest BCUT2D eigenvalue weighted by Gasteiger charge is -2.06. The number of rotatable bonds is 8. The van der Waals surface area contributed by atoms with Crippen molar-refractivity contribution in [3.63, 3.8) is 0 Å². The van der Waals surface area contributed by atoms with Gasteiger partial charge in [0.15, 0.2) is 0 Å². The Morgan fingerprint density at radius 1 is 1.00 bits per heavy atom. The summed E-state index contributed by atoms with van der Waals surface area (Å²) in [6.45, 7) is 0.318. The second-order valence-corrected chi connectivity index (χ2v) is 6.91. The number of nitrogens with one attached hydrogen (secondary N) is 2. The van der Waals surface area contributed by atoms with Gasteiger partial charge in [-0.3, -0.25) is 9.59 Å². The molecule has 2 aromatic heterocycles. The van der Waals surface area contributed by atoms with Gasteiger partial charge < -0.3 is 10.6 Å². The second kappa shape index (κ2) is 9.05. The van der Waals surface area contributed by atoms with Crippen LogP contribution in [0.1, 0.15) is 24.3 Å². The number of hydrogen-bond donors (Lipinski definition) is 2. The SMILES string of the molecule is O=C(CCCc1nc2ccccc2s1)NCCC(=O)Nc1ccccn1. The number of pyridine rings is 1. The summed E-state index contributed by atoms with van der Waals surface area (Å²) < 4.78 is 1.17. The van der Waals surface area contributed by atoms with E-state index in [1.54, 1.807) is 35.7 Å². The molecular formula is C19H20N4O2S. The standard InChI is InChI=1S/C19H20N4O2S/c24-17(21-13-11-18(25)23-16-8-3-4-12-20-16)9-5-10-19-22-14-6-1-2-7-15(14)26-19/h1-4,6-8,12H,5,9-11,13H2,(H,21,24)(H,20,23,25). The van der Waals surface area contributed by atoms with Crippen molar-refractivity contribution in [2.45, 2.75) is 25.7 Å². The fraction of sp³-hybridized carbons (Fsp3) is 0.263. The van der Waals surface area contributed by atoms with E-state index in [4.69, 9.17) is 0 Å². The van der Waals surface area contributed by atoms with Gasteiger partial charge in [0.25, 0.3) is 0 Å². The smallest absolute Gasteiger partial charge is 0.227 e. The van der Waals surface area contributed by atoms with Gasteiger partial charge in [0.05, 0.1) is 15.2 Å². The third-order valence-corrected chi connectivity index (χ3v) is 4.84.